The van der Waals surface area contributed by atoms with Gasteiger partial charge < -0.3 is 4.74 Å². The summed E-state index contributed by atoms with van der Waals surface area (Å²) in [6.07, 6.45) is 1.65. The first-order chi connectivity index (χ1) is 8.26. The van der Waals surface area contributed by atoms with Crippen LogP contribution in [0.3, 0.4) is 0 Å². The van der Waals surface area contributed by atoms with Gasteiger partial charge in [-0.2, -0.15) is 5.26 Å². The summed E-state index contributed by atoms with van der Waals surface area (Å²) in [7, 11) is 0. The molecule has 1 aromatic carbocycles. The van der Waals surface area contributed by atoms with Crippen LogP contribution >= 0.6 is 11.6 Å². The van der Waals surface area contributed by atoms with E-state index in [1.807, 2.05) is 25.1 Å². The molecule has 2 nitrogen and oxygen atoms in total. The zero-order chi connectivity index (χ0) is 12.3. The summed E-state index contributed by atoms with van der Waals surface area (Å²) in [4.78, 5) is 0. The van der Waals surface area contributed by atoms with Gasteiger partial charge in [0.1, 0.15) is 0 Å². The van der Waals surface area contributed by atoms with E-state index in [9.17, 15) is 0 Å². The number of benzene rings is 1. The first-order valence-electron chi connectivity index (χ1n) is 5.75. The summed E-state index contributed by atoms with van der Waals surface area (Å²) in [6, 6.07) is 8.20. The van der Waals surface area contributed by atoms with Crippen LogP contribution in [0.15, 0.2) is 23.8 Å². The minimum absolute atomic E-state index is 0.573. The number of hydrogen-bond donors (Lipinski definition) is 0. The highest BCUT2D eigenvalue weighted by molar-refractivity contribution is 6.49. The molecule has 0 radical (unpaired) electrons. The fourth-order valence-corrected chi connectivity index (χ4v) is 2.20. The van der Waals surface area contributed by atoms with Crippen LogP contribution in [0.1, 0.15) is 36.5 Å². The van der Waals surface area contributed by atoms with Crippen molar-refractivity contribution in [1.29, 1.82) is 5.26 Å². The van der Waals surface area contributed by atoms with Gasteiger partial charge in [0.05, 0.1) is 24.3 Å². The second kappa shape index (κ2) is 5.35. The molecule has 0 spiro atoms. The topological polar surface area (TPSA) is 33.0 Å². The van der Waals surface area contributed by atoms with Gasteiger partial charge in [-0.05, 0) is 29.2 Å². The summed E-state index contributed by atoms with van der Waals surface area (Å²) >= 11 is 6.27. The van der Waals surface area contributed by atoms with E-state index in [1.54, 1.807) is 0 Å². The highest BCUT2D eigenvalue weighted by Gasteiger charge is 2.13. The SMILES string of the molecule is CCCC(C#N)=C(Cl)c1ccc2c(c1)COC2. The van der Waals surface area contributed by atoms with Crippen molar-refractivity contribution in [2.45, 2.75) is 33.0 Å². The minimum Gasteiger partial charge on any atom is -0.372 e. The molecule has 1 aliphatic heterocycles. The Kier molecular flexibility index (Phi) is 3.83. The number of halogens is 1. The number of allylic oxidation sites excluding steroid dienone is 1. The molecule has 88 valence electrons. The lowest BCUT2D eigenvalue weighted by molar-refractivity contribution is 0.134. The lowest BCUT2D eigenvalue weighted by atomic mass is 10.0. The largest absolute Gasteiger partial charge is 0.372 e. The Bertz CT molecular complexity index is 499. The molecule has 0 N–H and O–H groups in total. The zero-order valence-electron chi connectivity index (χ0n) is 9.79. The standard InChI is InChI=1S/C14H14ClNO/c1-2-3-11(7-16)14(15)10-4-5-12-8-17-9-13(12)6-10/h4-6H,2-3,8-9H2,1H3. The van der Waals surface area contributed by atoms with Crippen molar-refractivity contribution < 1.29 is 4.74 Å². The van der Waals surface area contributed by atoms with Gasteiger partial charge in [-0.1, -0.05) is 37.1 Å². The van der Waals surface area contributed by atoms with Gasteiger partial charge in [0.15, 0.2) is 0 Å². The molecule has 0 saturated heterocycles. The first kappa shape index (κ1) is 12.2. The Labute approximate surface area is 106 Å². The van der Waals surface area contributed by atoms with Gasteiger partial charge in [-0.3, -0.25) is 0 Å². The van der Waals surface area contributed by atoms with Gasteiger partial charge >= 0.3 is 0 Å². The molecule has 17 heavy (non-hydrogen) atoms. The van der Waals surface area contributed by atoms with Gasteiger partial charge in [-0.15, -0.1) is 0 Å². The second-order valence-corrected chi connectivity index (χ2v) is 4.51. The smallest absolute Gasteiger partial charge is 0.0962 e. The van der Waals surface area contributed by atoms with E-state index >= 15 is 0 Å². The summed E-state index contributed by atoms with van der Waals surface area (Å²) in [5.74, 6) is 0. The molecular weight excluding hydrogens is 234 g/mol. The van der Waals surface area contributed by atoms with Crippen LogP contribution in [0.4, 0.5) is 0 Å². The third kappa shape index (κ3) is 2.52. The predicted octanol–water partition coefficient (Wildman–Crippen LogP) is 3.99. The molecule has 0 unspecified atom stereocenters. The maximum atomic E-state index is 9.07. The number of nitriles is 1. The molecule has 0 bridgehead atoms. The van der Waals surface area contributed by atoms with Crippen LogP contribution in [0.5, 0.6) is 0 Å². The molecule has 2 rings (SSSR count). The van der Waals surface area contributed by atoms with Crippen LogP contribution < -0.4 is 0 Å². The lowest BCUT2D eigenvalue weighted by Gasteiger charge is -2.05. The van der Waals surface area contributed by atoms with Crippen molar-refractivity contribution >= 4 is 16.6 Å². The van der Waals surface area contributed by atoms with E-state index < -0.39 is 0 Å². The molecule has 0 saturated carbocycles. The average Bonchev–Trinajstić information content (AvgIpc) is 2.82. The summed E-state index contributed by atoms with van der Waals surface area (Å²) in [6.45, 7) is 3.36. The van der Waals surface area contributed by atoms with Gasteiger partial charge in [0.2, 0.25) is 0 Å². The highest BCUT2D eigenvalue weighted by atomic mass is 35.5. The monoisotopic (exact) mass is 247 g/mol. The van der Waals surface area contributed by atoms with Crippen molar-refractivity contribution in [2.24, 2.45) is 0 Å². The molecule has 0 amide bonds. The number of nitrogens with zero attached hydrogens (tertiary/aromatic N) is 1. The van der Waals surface area contributed by atoms with Gasteiger partial charge in [0.25, 0.3) is 0 Å². The Morgan fingerprint density at radius 1 is 1.41 bits per heavy atom. The van der Waals surface area contributed by atoms with E-state index in [4.69, 9.17) is 21.6 Å². The maximum absolute atomic E-state index is 9.07. The van der Waals surface area contributed by atoms with Crippen LogP contribution in [-0.4, -0.2) is 0 Å². The molecule has 0 fully saturated rings. The maximum Gasteiger partial charge on any atom is 0.0962 e. The van der Waals surface area contributed by atoms with E-state index in [1.165, 1.54) is 11.1 Å². The van der Waals surface area contributed by atoms with Crippen LogP contribution in [-0.2, 0) is 18.0 Å². The number of hydrogen-bond acceptors (Lipinski definition) is 2. The average molecular weight is 248 g/mol. The fraction of sp³-hybridized carbons (Fsp3) is 0.357. The van der Waals surface area contributed by atoms with Crippen molar-refractivity contribution in [3.8, 4) is 6.07 Å². The quantitative estimate of drug-likeness (QED) is 0.757. The lowest BCUT2D eigenvalue weighted by Crippen LogP contribution is -1.89. The molecular formula is C14H14ClNO. The van der Waals surface area contributed by atoms with E-state index in [-0.39, 0.29) is 0 Å². The highest BCUT2D eigenvalue weighted by Crippen LogP contribution is 2.29. The van der Waals surface area contributed by atoms with Crippen LogP contribution in [0.2, 0.25) is 0 Å². The van der Waals surface area contributed by atoms with Crippen molar-refractivity contribution in [3.63, 3.8) is 0 Å². The summed E-state index contributed by atoms with van der Waals surface area (Å²) in [5, 5.41) is 9.64. The Morgan fingerprint density at radius 2 is 2.18 bits per heavy atom. The molecule has 1 aromatic rings. The summed E-state index contributed by atoms with van der Waals surface area (Å²) < 4.78 is 5.36. The molecule has 0 atom stereocenters. The van der Waals surface area contributed by atoms with E-state index in [2.05, 4.69) is 6.07 Å². The Balaban J connectivity index is 2.37. The molecule has 1 aliphatic rings. The number of rotatable bonds is 3. The van der Waals surface area contributed by atoms with E-state index in [0.717, 1.165) is 18.4 Å². The molecule has 0 aromatic heterocycles. The van der Waals surface area contributed by atoms with Gasteiger partial charge in [0, 0.05) is 5.57 Å². The minimum atomic E-state index is 0.573. The predicted molar refractivity (Wildman–Crippen MR) is 68.2 cm³/mol. The molecule has 1 heterocycles. The van der Waals surface area contributed by atoms with E-state index in [0.29, 0.717) is 23.8 Å². The van der Waals surface area contributed by atoms with Crippen LogP contribution in [0, 0.1) is 11.3 Å². The third-order valence-electron chi connectivity index (χ3n) is 2.87. The molecule has 3 heteroatoms. The molecule has 0 aliphatic carbocycles. The second-order valence-electron chi connectivity index (χ2n) is 4.13. The zero-order valence-corrected chi connectivity index (χ0v) is 10.5. The first-order valence-corrected chi connectivity index (χ1v) is 6.12. The number of ether oxygens (including phenoxy) is 1. The number of fused-ring (bicyclic) bond motifs is 1. The van der Waals surface area contributed by atoms with Crippen LogP contribution in [0.25, 0.3) is 5.03 Å². The Morgan fingerprint density at radius 3 is 2.88 bits per heavy atom. The Hall–Kier alpha value is -1.30. The summed E-state index contributed by atoms with van der Waals surface area (Å²) in [5.41, 5.74) is 3.97. The third-order valence-corrected chi connectivity index (χ3v) is 3.32. The van der Waals surface area contributed by atoms with Crippen molar-refractivity contribution in [1.82, 2.24) is 0 Å². The van der Waals surface area contributed by atoms with Gasteiger partial charge in [-0.25, -0.2) is 0 Å². The van der Waals surface area contributed by atoms with Crippen molar-refractivity contribution in [2.75, 3.05) is 0 Å². The van der Waals surface area contributed by atoms with Crippen molar-refractivity contribution in [3.05, 3.63) is 40.5 Å². The normalized spacial score (nSPS) is 15.1. The fourth-order valence-electron chi connectivity index (χ4n) is 1.95.